The summed E-state index contributed by atoms with van der Waals surface area (Å²) in [5, 5.41) is 2.97. The first-order chi connectivity index (χ1) is 14.3. The van der Waals surface area contributed by atoms with Gasteiger partial charge in [-0.15, -0.1) is 11.8 Å². The molecule has 0 saturated carbocycles. The normalized spacial score (nSPS) is 15.8. The molecule has 0 unspecified atom stereocenters. The van der Waals surface area contributed by atoms with Crippen LogP contribution in [0.1, 0.15) is 17.5 Å². The van der Waals surface area contributed by atoms with E-state index in [0.29, 0.717) is 44.0 Å². The largest absolute Gasteiger partial charge is 0.325 e. The van der Waals surface area contributed by atoms with Gasteiger partial charge in [0, 0.05) is 44.0 Å². The van der Waals surface area contributed by atoms with E-state index in [9.17, 15) is 13.2 Å². The van der Waals surface area contributed by atoms with Gasteiger partial charge in [0.1, 0.15) is 0 Å². The van der Waals surface area contributed by atoms with Crippen LogP contribution < -0.4 is 5.32 Å². The van der Waals surface area contributed by atoms with Crippen LogP contribution in [-0.2, 0) is 14.8 Å². The van der Waals surface area contributed by atoms with Crippen molar-refractivity contribution in [3.63, 3.8) is 0 Å². The smallest absolute Gasteiger partial charge is 0.243 e. The van der Waals surface area contributed by atoms with E-state index < -0.39 is 10.0 Å². The van der Waals surface area contributed by atoms with E-state index in [-0.39, 0.29) is 5.91 Å². The lowest BCUT2D eigenvalue weighted by molar-refractivity contribution is -0.116. The average molecular weight is 448 g/mol. The fourth-order valence-corrected chi connectivity index (χ4v) is 5.82. The summed E-state index contributed by atoms with van der Waals surface area (Å²) in [5.74, 6) is -0.0261. The van der Waals surface area contributed by atoms with Crippen LogP contribution in [0.5, 0.6) is 0 Å². The first kappa shape index (κ1) is 22.8. The zero-order valence-corrected chi connectivity index (χ0v) is 19.4. The minimum absolute atomic E-state index is 0.0261. The maximum absolute atomic E-state index is 13.0. The molecule has 0 radical (unpaired) electrons. The van der Waals surface area contributed by atoms with Crippen molar-refractivity contribution < 1.29 is 13.2 Å². The summed E-state index contributed by atoms with van der Waals surface area (Å²) >= 11 is 1.60. The molecule has 3 rings (SSSR count). The van der Waals surface area contributed by atoms with E-state index >= 15 is 0 Å². The Morgan fingerprint density at radius 3 is 2.43 bits per heavy atom. The van der Waals surface area contributed by atoms with Gasteiger partial charge in [-0.3, -0.25) is 4.79 Å². The zero-order valence-electron chi connectivity index (χ0n) is 17.7. The molecule has 1 aliphatic rings. The molecule has 8 heteroatoms. The fourth-order valence-electron chi connectivity index (χ4n) is 3.64. The van der Waals surface area contributed by atoms with Crippen LogP contribution in [0.2, 0.25) is 0 Å². The number of nitrogens with one attached hydrogen (secondary N) is 1. The molecular formula is C22H29N3O3S2. The van der Waals surface area contributed by atoms with E-state index in [1.54, 1.807) is 22.1 Å². The third-order valence-corrected chi connectivity index (χ3v) is 8.17. The quantitative estimate of drug-likeness (QED) is 0.659. The van der Waals surface area contributed by atoms with Crippen molar-refractivity contribution in [3.8, 4) is 0 Å². The highest BCUT2D eigenvalue weighted by atomic mass is 32.2. The number of nitrogens with zero attached hydrogens (tertiary/aromatic N) is 2. The number of benzene rings is 2. The Hall–Kier alpha value is -1.87. The summed E-state index contributed by atoms with van der Waals surface area (Å²) in [6.45, 7) is 6.53. The monoisotopic (exact) mass is 447 g/mol. The Bertz CT molecular complexity index is 1000. The second kappa shape index (κ2) is 9.96. The molecule has 1 N–H and O–H groups in total. The summed E-state index contributed by atoms with van der Waals surface area (Å²) < 4.78 is 27.5. The molecule has 2 aromatic carbocycles. The van der Waals surface area contributed by atoms with E-state index in [1.807, 2.05) is 56.5 Å². The number of aryl methyl sites for hydroxylation is 2. The number of rotatable bonds is 7. The lowest BCUT2D eigenvalue weighted by Gasteiger charge is -2.34. The Morgan fingerprint density at radius 2 is 1.77 bits per heavy atom. The van der Waals surface area contributed by atoms with Crippen LogP contribution in [0, 0.1) is 13.8 Å². The average Bonchev–Trinajstić information content (AvgIpc) is 2.72. The van der Waals surface area contributed by atoms with Gasteiger partial charge < -0.3 is 10.2 Å². The van der Waals surface area contributed by atoms with E-state index in [4.69, 9.17) is 0 Å². The summed E-state index contributed by atoms with van der Waals surface area (Å²) in [4.78, 5) is 15.9. The highest BCUT2D eigenvalue weighted by molar-refractivity contribution is 7.98. The third kappa shape index (κ3) is 5.43. The van der Waals surface area contributed by atoms with Gasteiger partial charge in [0.25, 0.3) is 0 Å². The highest BCUT2D eigenvalue weighted by Crippen LogP contribution is 2.25. The maximum atomic E-state index is 13.0. The number of thioether (sulfide) groups is 1. The third-order valence-electron chi connectivity index (χ3n) is 5.32. The molecule has 0 aliphatic carbocycles. The SMILES string of the molecule is CSc1ccccc1NC(=O)CCN1CCN(S(=O)(=O)c2ccc(C)cc2C)CC1. The molecule has 0 bridgehead atoms. The number of para-hydroxylation sites is 1. The molecule has 2 aromatic rings. The van der Waals surface area contributed by atoms with Crippen molar-refractivity contribution in [3.05, 3.63) is 53.6 Å². The van der Waals surface area contributed by atoms with E-state index in [1.165, 1.54) is 0 Å². The van der Waals surface area contributed by atoms with Gasteiger partial charge in [-0.2, -0.15) is 4.31 Å². The van der Waals surface area contributed by atoms with Crippen LogP contribution >= 0.6 is 11.8 Å². The Morgan fingerprint density at radius 1 is 1.07 bits per heavy atom. The molecule has 0 aromatic heterocycles. The molecule has 162 valence electrons. The molecular weight excluding hydrogens is 418 g/mol. The lowest BCUT2D eigenvalue weighted by Crippen LogP contribution is -2.49. The number of piperazine rings is 1. The van der Waals surface area contributed by atoms with Gasteiger partial charge in [0.15, 0.2) is 0 Å². The van der Waals surface area contributed by atoms with Crippen molar-refractivity contribution in [2.75, 3.05) is 44.3 Å². The van der Waals surface area contributed by atoms with Gasteiger partial charge in [-0.1, -0.05) is 29.8 Å². The molecule has 0 atom stereocenters. The highest BCUT2D eigenvalue weighted by Gasteiger charge is 2.29. The number of amides is 1. The van der Waals surface area contributed by atoms with Gasteiger partial charge >= 0.3 is 0 Å². The zero-order chi connectivity index (χ0) is 21.7. The molecule has 1 saturated heterocycles. The molecule has 0 spiro atoms. The Labute approximate surface area is 183 Å². The molecule has 6 nitrogen and oxygen atoms in total. The minimum Gasteiger partial charge on any atom is -0.325 e. The van der Waals surface area contributed by atoms with Crippen LogP contribution in [-0.4, -0.2) is 62.5 Å². The fraction of sp³-hybridized carbons (Fsp3) is 0.409. The van der Waals surface area contributed by atoms with Gasteiger partial charge in [0.05, 0.1) is 10.6 Å². The summed E-state index contributed by atoms with van der Waals surface area (Å²) in [6, 6.07) is 13.2. The van der Waals surface area contributed by atoms with Crippen molar-refractivity contribution >= 4 is 33.4 Å². The second-order valence-electron chi connectivity index (χ2n) is 7.51. The van der Waals surface area contributed by atoms with Crippen molar-refractivity contribution in [1.29, 1.82) is 0 Å². The van der Waals surface area contributed by atoms with Crippen LogP contribution in [0.15, 0.2) is 52.3 Å². The van der Waals surface area contributed by atoms with Crippen LogP contribution in [0.25, 0.3) is 0 Å². The van der Waals surface area contributed by atoms with Crippen molar-refractivity contribution in [2.24, 2.45) is 0 Å². The molecule has 1 fully saturated rings. The number of hydrogen-bond donors (Lipinski definition) is 1. The molecule has 30 heavy (non-hydrogen) atoms. The Balaban J connectivity index is 1.51. The molecule has 1 aliphatic heterocycles. The number of carbonyl (C=O) groups excluding carboxylic acids is 1. The van der Waals surface area contributed by atoms with Crippen LogP contribution in [0.4, 0.5) is 5.69 Å². The number of sulfonamides is 1. The predicted octanol–water partition coefficient (Wildman–Crippen LogP) is 3.36. The predicted molar refractivity (Wildman–Crippen MR) is 123 cm³/mol. The molecule has 1 amide bonds. The van der Waals surface area contributed by atoms with Gasteiger partial charge in [0.2, 0.25) is 15.9 Å². The standard InChI is InChI=1S/C22H29N3O3S2/c1-17-8-9-21(18(2)16-17)30(27,28)25-14-12-24(13-15-25)11-10-22(26)23-19-6-4-5-7-20(19)29-3/h4-9,16H,10-15H2,1-3H3,(H,23,26). The van der Waals surface area contributed by atoms with Gasteiger partial charge in [-0.25, -0.2) is 8.42 Å². The minimum atomic E-state index is -3.49. The number of carbonyl (C=O) groups is 1. The Kier molecular flexibility index (Phi) is 7.57. The summed E-state index contributed by atoms with van der Waals surface area (Å²) in [7, 11) is -3.49. The van der Waals surface area contributed by atoms with Crippen LogP contribution in [0.3, 0.4) is 0 Å². The maximum Gasteiger partial charge on any atom is 0.243 e. The topological polar surface area (TPSA) is 69.7 Å². The van der Waals surface area contributed by atoms with Crippen molar-refractivity contribution in [1.82, 2.24) is 9.21 Å². The number of hydrogen-bond acceptors (Lipinski definition) is 5. The summed E-state index contributed by atoms with van der Waals surface area (Å²) in [5.41, 5.74) is 2.66. The van der Waals surface area contributed by atoms with Crippen molar-refractivity contribution in [2.45, 2.75) is 30.1 Å². The lowest BCUT2D eigenvalue weighted by atomic mass is 10.2. The molecule has 1 heterocycles. The van der Waals surface area contributed by atoms with E-state index in [0.717, 1.165) is 21.7 Å². The number of anilines is 1. The first-order valence-corrected chi connectivity index (χ1v) is 12.7. The van der Waals surface area contributed by atoms with E-state index in [2.05, 4.69) is 10.2 Å². The van der Waals surface area contributed by atoms with Gasteiger partial charge in [-0.05, 0) is 43.9 Å². The first-order valence-electron chi connectivity index (χ1n) is 10.0. The second-order valence-corrected chi connectivity index (χ2v) is 10.3. The summed E-state index contributed by atoms with van der Waals surface area (Å²) in [6.07, 6.45) is 2.36.